The second kappa shape index (κ2) is 9.88. The molecule has 2 aromatic heterocycles. The minimum Gasteiger partial charge on any atom is -0.493 e. The number of ether oxygens (including phenoxy) is 3. The highest BCUT2D eigenvalue weighted by Crippen LogP contribution is 2.34. The molecule has 3 rings (SSSR count). The smallest absolute Gasteiger partial charge is 0.340 e. The van der Waals surface area contributed by atoms with Crippen molar-refractivity contribution < 1.29 is 28.3 Å². The van der Waals surface area contributed by atoms with E-state index in [9.17, 15) is 9.59 Å². The van der Waals surface area contributed by atoms with E-state index < -0.39 is 5.97 Å². The van der Waals surface area contributed by atoms with Gasteiger partial charge in [0.1, 0.15) is 0 Å². The van der Waals surface area contributed by atoms with Crippen molar-refractivity contribution in [3.05, 3.63) is 51.8 Å². The number of hydrogen-bond donors (Lipinski definition) is 1. The first-order chi connectivity index (χ1) is 14.5. The van der Waals surface area contributed by atoms with Crippen LogP contribution >= 0.6 is 11.3 Å². The van der Waals surface area contributed by atoms with Crippen LogP contribution in [-0.4, -0.2) is 36.2 Å². The lowest BCUT2D eigenvalue weighted by Crippen LogP contribution is -2.15. The Balaban J connectivity index is 1.82. The van der Waals surface area contributed by atoms with Crippen molar-refractivity contribution in [2.24, 2.45) is 0 Å². The fourth-order valence-electron chi connectivity index (χ4n) is 2.62. The zero-order valence-electron chi connectivity index (χ0n) is 16.8. The molecule has 9 nitrogen and oxygen atoms in total. The van der Waals surface area contributed by atoms with Gasteiger partial charge in [-0.05, 0) is 17.9 Å². The van der Waals surface area contributed by atoms with Crippen LogP contribution in [0.4, 0.5) is 5.69 Å². The van der Waals surface area contributed by atoms with E-state index in [2.05, 4.69) is 15.5 Å². The van der Waals surface area contributed by atoms with Gasteiger partial charge in [0.25, 0.3) is 11.8 Å². The topological polar surface area (TPSA) is 113 Å². The van der Waals surface area contributed by atoms with E-state index in [1.807, 2.05) is 6.92 Å². The number of aryl methyl sites for hydroxylation is 1. The number of aromatic nitrogens is 2. The zero-order valence-corrected chi connectivity index (χ0v) is 17.6. The minimum absolute atomic E-state index is 0.103. The first-order valence-electron chi connectivity index (χ1n) is 9.15. The van der Waals surface area contributed by atoms with Crippen molar-refractivity contribution in [3.8, 4) is 11.5 Å². The summed E-state index contributed by atoms with van der Waals surface area (Å²) in [5.74, 6) is 0.383. The first kappa shape index (κ1) is 21.3. The molecule has 0 radical (unpaired) electrons. The number of benzene rings is 1. The van der Waals surface area contributed by atoms with Crippen molar-refractivity contribution in [2.75, 3.05) is 19.5 Å². The Hall–Kier alpha value is -3.40. The number of hydrogen-bond acceptors (Lipinski definition) is 9. The molecule has 158 valence electrons. The molecule has 1 amide bonds. The number of esters is 1. The minimum atomic E-state index is -0.687. The van der Waals surface area contributed by atoms with Crippen LogP contribution in [0.1, 0.15) is 45.1 Å². The summed E-state index contributed by atoms with van der Waals surface area (Å²) in [6, 6.07) is 6.40. The highest BCUT2D eigenvalue weighted by atomic mass is 32.1. The maximum Gasteiger partial charge on any atom is 0.340 e. The number of amides is 1. The lowest BCUT2D eigenvalue weighted by molar-refractivity contribution is 0.0430. The summed E-state index contributed by atoms with van der Waals surface area (Å²) in [4.78, 5) is 29.9. The number of carbonyl (C=O) groups is 2. The molecular weight excluding hydrogens is 410 g/mol. The van der Waals surface area contributed by atoms with E-state index in [1.54, 1.807) is 17.5 Å². The summed E-state index contributed by atoms with van der Waals surface area (Å²) in [5, 5.41) is 8.33. The molecule has 0 aliphatic heterocycles. The summed E-state index contributed by atoms with van der Waals surface area (Å²) < 4.78 is 20.9. The Morgan fingerprint density at radius 2 is 1.97 bits per heavy atom. The number of thiophene rings is 1. The van der Waals surface area contributed by atoms with E-state index in [-0.39, 0.29) is 29.7 Å². The van der Waals surface area contributed by atoms with Gasteiger partial charge in [-0.1, -0.05) is 18.1 Å². The van der Waals surface area contributed by atoms with Gasteiger partial charge in [0.05, 0.1) is 30.3 Å². The molecule has 0 saturated heterocycles. The Kier molecular flexibility index (Phi) is 7.02. The molecule has 0 fully saturated rings. The van der Waals surface area contributed by atoms with Crippen molar-refractivity contribution in [1.29, 1.82) is 0 Å². The molecule has 0 spiro atoms. The van der Waals surface area contributed by atoms with Crippen molar-refractivity contribution in [3.63, 3.8) is 0 Å². The van der Waals surface area contributed by atoms with Gasteiger partial charge in [0.15, 0.2) is 23.9 Å². The van der Waals surface area contributed by atoms with Crippen molar-refractivity contribution in [1.82, 2.24) is 10.1 Å². The van der Waals surface area contributed by atoms with Crippen LogP contribution in [-0.2, 0) is 17.8 Å². The van der Waals surface area contributed by atoms with Crippen LogP contribution in [0.2, 0.25) is 0 Å². The fraction of sp³-hybridized carbons (Fsp3) is 0.300. The molecule has 10 heteroatoms. The van der Waals surface area contributed by atoms with Gasteiger partial charge in [-0.25, -0.2) is 4.79 Å². The molecule has 1 N–H and O–H groups in total. The van der Waals surface area contributed by atoms with Crippen molar-refractivity contribution >= 4 is 28.9 Å². The number of methoxy groups -OCH3 is 2. The predicted molar refractivity (Wildman–Crippen MR) is 109 cm³/mol. The lowest BCUT2D eigenvalue weighted by Gasteiger charge is -2.14. The third kappa shape index (κ3) is 4.95. The first-order valence-corrected chi connectivity index (χ1v) is 10.0. The molecule has 0 atom stereocenters. The average molecular weight is 431 g/mol. The van der Waals surface area contributed by atoms with Crippen LogP contribution < -0.4 is 14.8 Å². The molecular formula is C20H21N3O6S. The maximum atomic E-state index is 12.7. The second-order valence-corrected chi connectivity index (χ2v) is 7.06. The summed E-state index contributed by atoms with van der Waals surface area (Å²) in [5.41, 5.74) is 0.333. The van der Waals surface area contributed by atoms with Crippen LogP contribution in [0.15, 0.2) is 34.2 Å². The predicted octanol–water partition coefficient (Wildman–Crippen LogP) is 3.71. The largest absolute Gasteiger partial charge is 0.493 e. The summed E-state index contributed by atoms with van der Waals surface area (Å²) in [7, 11) is 2.91. The summed E-state index contributed by atoms with van der Waals surface area (Å²) in [6.07, 6.45) is 1.55. The quantitative estimate of drug-likeness (QED) is 0.510. The number of rotatable bonds is 9. The Bertz CT molecular complexity index is 1020. The van der Waals surface area contributed by atoms with E-state index in [0.29, 0.717) is 28.6 Å². The van der Waals surface area contributed by atoms with Crippen LogP contribution in [0.5, 0.6) is 11.5 Å². The SMILES string of the molecule is CCCc1noc(COC(=O)c2cc(OC)c(OC)cc2NC(=O)c2cccs2)n1. The second-order valence-electron chi connectivity index (χ2n) is 6.11. The van der Waals surface area contributed by atoms with E-state index >= 15 is 0 Å². The molecule has 1 aromatic carbocycles. The Morgan fingerprint density at radius 1 is 1.20 bits per heavy atom. The van der Waals surface area contributed by atoms with E-state index in [1.165, 1.54) is 37.7 Å². The molecule has 0 aliphatic rings. The average Bonchev–Trinajstić information content (AvgIpc) is 3.44. The Labute approximate surface area is 177 Å². The number of nitrogens with zero attached hydrogens (tertiary/aromatic N) is 2. The van der Waals surface area contributed by atoms with Gasteiger partial charge in [0.2, 0.25) is 0 Å². The third-order valence-electron chi connectivity index (χ3n) is 4.05. The van der Waals surface area contributed by atoms with E-state index in [4.69, 9.17) is 18.7 Å². The molecule has 2 heterocycles. The Morgan fingerprint density at radius 3 is 2.63 bits per heavy atom. The molecule has 0 saturated carbocycles. The van der Waals surface area contributed by atoms with Crippen LogP contribution in [0.3, 0.4) is 0 Å². The number of nitrogens with one attached hydrogen (secondary N) is 1. The van der Waals surface area contributed by atoms with Crippen LogP contribution in [0.25, 0.3) is 0 Å². The van der Waals surface area contributed by atoms with Crippen molar-refractivity contribution in [2.45, 2.75) is 26.4 Å². The van der Waals surface area contributed by atoms with E-state index in [0.717, 1.165) is 6.42 Å². The van der Waals surface area contributed by atoms with Crippen LogP contribution in [0, 0.1) is 0 Å². The summed E-state index contributed by atoms with van der Waals surface area (Å²) in [6.45, 7) is 1.81. The highest BCUT2D eigenvalue weighted by molar-refractivity contribution is 7.12. The monoisotopic (exact) mass is 431 g/mol. The number of carbonyl (C=O) groups excluding carboxylic acids is 2. The summed E-state index contributed by atoms with van der Waals surface area (Å²) >= 11 is 1.28. The maximum absolute atomic E-state index is 12.7. The molecule has 3 aromatic rings. The molecule has 0 bridgehead atoms. The van der Waals surface area contributed by atoms with Gasteiger partial charge >= 0.3 is 5.97 Å². The van der Waals surface area contributed by atoms with Gasteiger partial charge in [-0.3, -0.25) is 4.79 Å². The third-order valence-corrected chi connectivity index (χ3v) is 4.92. The molecule has 0 aliphatic carbocycles. The zero-order chi connectivity index (χ0) is 21.5. The molecule has 0 unspecified atom stereocenters. The fourth-order valence-corrected chi connectivity index (χ4v) is 3.24. The molecule has 30 heavy (non-hydrogen) atoms. The highest BCUT2D eigenvalue weighted by Gasteiger charge is 2.21. The van der Waals surface area contributed by atoms with Gasteiger partial charge < -0.3 is 24.1 Å². The lowest BCUT2D eigenvalue weighted by atomic mass is 10.1. The van der Waals surface area contributed by atoms with Gasteiger partial charge in [0, 0.05) is 18.6 Å². The van der Waals surface area contributed by atoms with Gasteiger partial charge in [-0.2, -0.15) is 4.98 Å². The standard InChI is InChI=1S/C20H21N3O6S/c1-4-6-17-22-18(29-23-17)11-28-20(25)12-9-14(26-2)15(27-3)10-13(12)21-19(24)16-7-5-8-30-16/h5,7-10H,4,6,11H2,1-3H3,(H,21,24). The van der Waals surface area contributed by atoms with Gasteiger partial charge in [-0.15, -0.1) is 11.3 Å². The number of anilines is 1. The normalized spacial score (nSPS) is 10.5.